The Balaban J connectivity index is 2.49. The molecule has 0 heterocycles. The number of alkyl halides is 1. The summed E-state index contributed by atoms with van der Waals surface area (Å²) in [5, 5.41) is 9.97. The van der Waals surface area contributed by atoms with Crippen molar-refractivity contribution in [3.05, 3.63) is 0 Å². The molecule has 0 aromatic rings. The Morgan fingerprint density at radius 3 is 2.00 bits per heavy atom. The first-order valence-corrected chi connectivity index (χ1v) is 5.78. The van der Waals surface area contributed by atoms with Gasteiger partial charge in [0.15, 0.2) is 0 Å². The monoisotopic (exact) mass is 280 g/mol. The zero-order valence-corrected chi connectivity index (χ0v) is 10.2. The highest BCUT2D eigenvalue weighted by Gasteiger charge is 2.68. The van der Waals surface area contributed by atoms with E-state index in [1.807, 2.05) is 0 Å². The zero-order valence-electron chi connectivity index (χ0n) is 8.02. The molecule has 2 saturated carbocycles. The van der Waals surface area contributed by atoms with Crippen molar-refractivity contribution < 1.29 is 5.11 Å². The van der Waals surface area contributed by atoms with E-state index in [2.05, 4.69) is 43.4 Å². The van der Waals surface area contributed by atoms with Crippen LogP contribution < -0.4 is 0 Å². The van der Waals surface area contributed by atoms with Gasteiger partial charge in [-0.05, 0) is 30.1 Å². The van der Waals surface area contributed by atoms with Crippen molar-refractivity contribution in [3.8, 4) is 0 Å². The van der Waals surface area contributed by atoms with Crippen LogP contribution in [0.4, 0.5) is 0 Å². The van der Waals surface area contributed by atoms with Gasteiger partial charge in [-0.3, -0.25) is 0 Å². The lowest BCUT2D eigenvalue weighted by molar-refractivity contribution is 0.0129. The van der Waals surface area contributed by atoms with Gasteiger partial charge in [-0.15, -0.1) is 0 Å². The molecule has 2 fully saturated rings. The molecule has 2 bridgehead atoms. The van der Waals surface area contributed by atoms with Crippen molar-refractivity contribution in [2.24, 2.45) is 10.8 Å². The van der Waals surface area contributed by atoms with Crippen LogP contribution in [-0.4, -0.2) is 14.6 Å². The number of aliphatic hydroxyl groups excluding tert-OH is 1. The second-order valence-corrected chi connectivity index (χ2v) is 7.29. The van der Waals surface area contributed by atoms with E-state index in [-0.39, 0.29) is 11.5 Å². The third-order valence-electron chi connectivity index (χ3n) is 4.84. The summed E-state index contributed by atoms with van der Waals surface area (Å²) in [5.41, 5.74) is 0.480. The van der Waals surface area contributed by atoms with Gasteiger partial charge in [-0.1, -0.05) is 43.4 Å². The average molecular weight is 280 g/mol. The minimum Gasteiger partial charge on any atom is -0.392 e. The molecule has 0 spiro atoms. The maximum atomic E-state index is 9.97. The molecular formula is C10H17IO. The summed E-state index contributed by atoms with van der Waals surface area (Å²) in [6.07, 6.45) is 3.41. The van der Waals surface area contributed by atoms with E-state index in [9.17, 15) is 5.11 Å². The van der Waals surface area contributed by atoms with Crippen molar-refractivity contribution in [2.75, 3.05) is 0 Å². The molecule has 0 saturated heterocycles. The maximum Gasteiger partial charge on any atom is 0.0612 e. The van der Waals surface area contributed by atoms with Crippen LogP contribution in [0.25, 0.3) is 0 Å². The lowest BCUT2D eigenvalue weighted by atomic mass is 9.70. The number of hydrogen-bond donors (Lipinski definition) is 1. The minimum atomic E-state index is -0.0712. The highest BCUT2D eigenvalue weighted by molar-refractivity contribution is 14.1. The Morgan fingerprint density at radius 1 is 1.25 bits per heavy atom. The quantitative estimate of drug-likeness (QED) is 0.534. The number of aliphatic hydroxyl groups is 1. The van der Waals surface area contributed by atoms with Gasteiger partial charge >= 0.3 is 0 Å². The molecule has 12 heavy (non-hydrogen) atoms. The molecule has 2 heteroatoms. The van der Waals surface area contributed by atoms with Crippen LogP contribution in [0.5, 0.6) is 0 Å². The van der Waals surface area contributed by atoms with Gasteiger partial charge in [0, 0.05) is 3.42 Å². The summed E-state index contributed by atoms with van der Waals surface area (Å²) in [7, 11) is 0. The summed E-state index contributed by atoms with van der Waals surface area (Å²) in [6, 6.07) is 0. The lowest BCUT2D eigenvalue weighted by Crippen LogP contribution is -2.37. The van der Waals surface area contributed by atoms with Crippen LogP contribution in [0, 0.1) is 10.8 Å². The Bertz CT molecular complexity index is 223. The molecule has 2 rings (SSSR count). The van der Waals surface area contributed by atoms with E-state index in [1.165, 1.54) is 12.8 Å². The molecule has 1 N–H and O–H groups in total. The van der Waals surface area contributed by atoms with Crippen molar-refractivity contribution in [2.45, 2.75) is 49.6 Å². The first-order chi connectivity index (χ1) is 5.33. The van der Waals surface area contributed by atoms with Crippen molar-refractivity contribution in [1.82, 2.24) is 0 Å². The predicted octanol–water partition coefficient (Wildman–Crippen LogP) is 2.75. The second kappa shape index (κ2) is 2.19. The summed E-state index contributed by atoms with van der Waals surface area (Å²) in [4.78, 5) is 0. The van der Waals surface area contributed by atoms with Crippen LogP contribution >= 0.6 is 22.6 Å². The number of hydrogen-bond acceptors (Lipinski definition) is 1. The molecule has 0 amide bonds. The Kier molecular flexibility index (Phi) is 1.69. The topological polar surface area (TPSA) is 20.2 Å². The van der Waals surface area contributed by atoms with Gasteiger partial charge in [-0.25, -0.2) is 0 Å². The third kappa shape index (κ3) is 0.746. The molecule has 2 aliphatic carbocycles. The largest absolute Gasteiger partial charge is 0.392 e. The number of fused-ring (bicyclic) bond motifs is 2. The zero-order chi connectivity index (χ0) is 9.20. The van der Waals surface area contributed by atoms with E-state index in [0.29, 0.717) is 8.84 Å². The van der Waals surface area contributed by atoms with Gasteiger partial charge in [0.2, 0.25) is 0 Å². The molecule has 0 aliphatic heterocycles. The predicted molar refractivity (Wildman–Crippen MR) is 58.5 cm³/mol. The molecule has 0 aromatic carbocycles. The molecule has 1 nitrogen and oxygen atoms in total. The fourth-order valence-electron chi connectivity index (χ4n) is 3.07. The second-order valence-electron chi connectivity index (χ2n) is 5.23. The van der Waals surface area contributed by atoms with Crippen LogP contribution in [-0.2, 0) is 0 Å². The summed E-state index contributed by atoms with van der Waals surface area (Å²) in [6.45, 7) is 6.90. The number of halogens is 1. The van der Waals surface area contributed by atoms with Crippen molar-refractivity contribution in [1.29, 1.82) is 0 Å². The molecule has 2 aliphatic rings. The molecule has 0 radical (unpaired) electrons. The standard InChI is InChI=1S/C10H17IO/c1-8(2)9(3)4-5-10(8,11)6-7(9)12/h7,12H,4-6H2,1-3H3. The van der Waals surface area contributed by atoms with E-state index >= 15 is 0 Å². The van der Waals surface area contributed by atoms with E-state index < -0.39 is 0 Å². The SMILES string of the molecule is CC12CCC(I)(CC1O)C2(C)C. The highest BCUT2D eigenvalue weighted by Crippen LogP contribution is 2.70. The molecule has 3 unspecified atom stereocenters. The van der Waals surface area contributed by atoms with Gasteiger partial charge in [0.05, 0.1) is 6.10 Å². The van der Waals surface area contributed by atoms with Crippen LogP contribution in [0.15, 0.2) is 0 Å². The molecule has 3 atom stereocenters. The van der Waals surface area contributed by atoms with Crippen molar-refractivity contribution >= 4 is 22.6 Å². The minimum absolute atomic E-state index is 0.0712. The van der Waals surface area contributed by atoms with Gasteiger partial charge in [0.25, 0.3) is 0 Å². The Labute approximate surface area is 88.1 Å². The first kappa shape index (κ1) is 9.25. The average Bonchev–Trinajstić information content (AvgIpc) is 2.18. The summed E-state index contributed by atoms with van der Waals surface area (Å²) >= 11 is 2.58. The first-order valence-electron chi connectivity index (χ1n) is 4.70. The molecule has 70 valence electrons. The molecule has 0 aromatic heterocycles. The lowest BCUT2D eigenvalue weighted by Gasteiger charge is -2.38. The van der Waals surface area contributed by atoms with Gasteiger partial charge in [-0.2, -0.15) is 0 Å². The van der Waals surface area contributed by atoms with Crippen LogP contribution in [0.2, 0.25) is 0 Å². The van der Waals surface area contributed by atoms with Crippen LogP contribution in [0.1, 0.15) is 40.0 Å². The fraction of sp³-hybridized carbons (Fsp3) is 1.00. The fourth-order valence-corrected chi connectivity index (χ4v) is 4.37. The highest BCUT2D eigenvalue weighted by atomic mass is 127. The smallest absolute Gasteiger partial charge is 0.0612 e. The maximum absolute atomic E-state index is 9.97. The van der Waals surface area contributed by atoms with Crippen LogP contribution in [0.3, 0.4) is 0 Å². The van der Waals surface area contributed by atoms with E-state index in [0.717, 1.165) is 6.42 Å². The summed E-state index contributed by atoms with van der Waals surface area (Å²) in [5.74, 6) is 0. The number of rotatable bonds is 0. The van der Waals surface area contributed by atoms with Gasteiger partial charge < -0.3 is 5.11 Å². The van der Waals surface area contributed by atoms with E-state index in [1.54, 1.807) is 0 Å². The third-order valence-corrected chi connectivity index (χ3v) is 7.17. The Morgan fingerprint density at radius 2 is 1.83 bits per heavy atom. The molecular weight excluding hydrogens is 263 g/mol. The normalized spacial score (nSPS) is 56.2. The van der Waals surface area contributed by atoms with Gasteiger partial charge in [0.1, 0.15) is 0 Å². The summed E-state index contributed by atoms with van der Waals surface area (Å²) < 4.78 is 0.360. The van der Waals surface area contributed by atoms with E-state index in [4.69, 9.17) is 0 Å². The van der Waals surface area contributed by atoms with Crippen molar-refractivity contribution in [3.63, 3.8) is 0 Å². The Hall–Kier alpha value is 0.690.